The summed E-state index contributed by atoms with van der Waals surface area (Å²) < 4.78 is 0. The van der Waals surface area contributed by atoms with Gasteiger partial charge in [0.05, 0.1) is 22.4 Å². The highest BCUT2D eigenvalue weighted by Gasteiger charge is 2.26. The summed E-state index contributed by atoms with van der Waals surface area (Å²) in [6.45, 7) is 2.06. The lowest BCUT2D eigenvalue weighted by Gasteiger charge is -2.22. The van der Waals surface area contributed by atoms with Crippen LogP contribution in [0, 0.1) is 6.92 Å². The Labute approximate surface area is 191 Å². The van der Waals surface area contributed by atoms with Crippen molar-refractivity contribution in [3.8, 4) is 11.3 Å². The van der Waals surface area contributed by atoms with Gasteiger partial charge in [0.15, 0.2) is 0 Å². The van der Waals surface area contributed by atoms with E-state index >= 15 is 0 Å². The number of aromatic nitrogens is 4. The van der Waals surface area contributed by atoms with Crippen LogP contribution < -0.4 is 5.32 Å². The third-order valence-corrected chi connectivity index (χ3v) is 7.37. The zero-order chi connectivity index (χ0) is 22.1. The van der Waals surface area contributed by atoms with Crippen molar-refractivity contribution in [1.29, 1.82) is 0 Å². The fraction of sp³-hybridized carbons (Fsp3) is 0.333. The number of nitrogens with one attached hydrogen (secondary N) is 3. The predicted molar refractivity (Wildman–Crippen MR) is 131 cm³/mol. The van der Waals surface area contributed by atoms with Crippen molar-refractivity contribution in [2.24, 2.45) is 0 Å². The van der Waals surface area contributed by atoms with Gasteiger partial charge in [-0.15, -0.1) is 0 Å². The van der Waals surface area contributed by atoms with Gasteiger partial charge in [-0.2, -0.15) is 5.10 Å². The number of aliphatic hydroxyl groups excluding tert-OH is 1. The molecule has 3 aromatic heterocycles. The monoisotopic (exact) mass is 437 g/mol. The Kier molecular flexibility index (Phi) is 4.17. The number of hydrogen-bond acceptors (Lipinski definition) is 4. The fourth-order valence-corrected chi connectivity index (χ4v) is 5.49. The number of aromatic amines is 2. The Hall–Kier alpha value is -3.22. The van der Waals surface area contributed by atoms with Gasteiger partial charge in [0, 0.05) is 39.0 Å². The van der Waals surface area contributed by atoms with Gasteiger partial charge in [-0.25, -0.2) is 4.98 Å². The number of aliphatic hydroxyl groups is 1. The number of pyridine rings is 1. The van der Waals surface area contributed by atoms with Crippen LogP contribution >= 0.6 is 0 Å². The Bertz CT molecular complexity index is 1540. The summed E-state index contributed by atoms with van der Waals surface area (Å²) in [5.41, 5.74) is 10.1. The van der Waals surface area contributed by atoms with Crippen molar-refractivity contribution in [2.45, 2.75) is 57.7 Å². The van der Waals surface area contributed by atoms with Gasteiger partial charge < -0.3 is 10.1 Å². The molecule has 6 heteroatoms. The molecule has 4 N–H and O–H groups in total. The lowest BCUT2D eigenvalue weighted by molar-refractivity contribution is 0.133. The van der Waals surface area contributed by atoms with Gasteiger partial charge in [0.2, 0.25) is 0 Å². The number of nitrogens with zero attached hydrogens (tertiary/aromatic N) is 2. The highest BCUT2D eigenvalue weighted by molar-refractivity contribution is 6.08. The Morgan fingerprint density at radius 1 is 1.00 bits per heavy atom. The Morgan fingerprint density at radius 2 is 1.82 bits per heavy atom. The van der Waals surface area contributed by atoms with E-state index in [1.165, 1.54) is 29.4 Å². The van der Waals surface area contributed by atoms with E-state index < -0.39 is 6.23 Å². The van der Waals surface area contributed by atoms with Gasteiger partial charge in [0.1, 0.15) is 6.23 Å². The summed E-state index contributed by atoms with van der Waals surface area (Å²) in [6.07, 6.45) is 6.14. The molecule has 0 aliphatic heterocycles. The van der Waals surface area contributed by atoms with Crippen molar-refractivity contribution < 1.29 is 5.11 Å². The molecule has 1 fully saturated rings. The largest absolute Gasteiger partial charge is 0.373 e. The molecule has 2 aliphatic rings. The maximum atomic E-state index is 10.7. The minimum Gasteiger partial charge on any atom is -0.373 e. The second kappa shape index (κ2) is 7.14. The van der Waals surface area contributed by atoms with Crippen LogP contribution in [0.1, 0.15) is 54.4 Å². The van der Waals surface area contributed by atoms with E-state index in [-0.39, 0.29) is 0 Å². The SMILES string of the molecule is Cc1[nH]nc2ccc(-c3nc4ccc5[nH]c(C(O)NC6CC6)cc5c4c4c3CCCC4)cc12. The normalized spacial score (nSPS) is 17.2. The standard InChI is InChI=1S/C27H27N5O/c1-14-19-12-15(6-9-22(19)32-31-14)26-18-5-3-2-4-17(18)25-20-13-24(27(33)28-16-7-8-16)29-21(20)10-11-23(25)30-26/h6,9-13,16,27-29,33H,2-5,7-8H2,1H3,(H,31,32). The fourth-order valence-electron chi connectivity index (χ4n) is 5.49. The third kappa shape index (κ3) is 3.09. The molecule has 6 nitrogen and oxygen atoms in total. The molecule has 0 radical (unpaired) electrons. The molecule has 0 amide bonds. The van der Waals surface area contributed by atoms with Crippen LogP contribution in [-0.2, 0) is 12.8 Å². The van der Waals surface area contributed by atoms with Crippen molar-refractivity contribution in [2.75, 3.05) is 0 Å². The number of benzene rings is 2. The van der Waals surface area contributed by atoms with Crippen LogP contribution in [0.5, 0.6) is 0 Å². The first-order chi connectivity index (χ1) is 16.2. The molecule has 0 spiro atoms. The van der Waals surface area contributed by atoms with Gasteiger partial charge in [-0.05, 0) is 86.9 Å². The van der Waals surface area contributed by atoms with Crippen LogP contribution in [0.15, 0.2) is 36.4 Å². The maximum Gasteiger partial charge on any atom is 0.146 e. The van der Waals surface area contributed by atoms with Gasteiger partial charge in [0.25, 0.3) is 0 Å². The number of hydrogen-bond donors (Lipinski definition) is 4. The van der Waals surface area contributed by atoms with E-state index in [9.17, 15) is 5.11 Å². The van der Waals surface area contributed by atoms with E-state index in [2.05, 4.69) is 63.8 Å². The summed E-state index contributed by atoms with van der Waals surface area (Å²) in [5.74, 6) is 0. The van der Waals surface area contributed by atoms with Crippen molar-refractivity contribution in [3.05, 3.63) is 58.9 Å². The molecule has 7 rings (SSSR count). The van der Waals surface area contributed by atoms with Crippen molar-refractivity contribution in [3.63, 3.8) is 0 Å². The predicted octanol–water partition coefficient (Wildman–Crippen LogP) is 5.19. The molecule has 5 aromatic rings. The number of H-pyrrole nitrogens is 2. The summed E-state index contributed by atoms with van der Waals surface area (Å²) in [7, 11) is 0. The molecule has 2 aromatic carbocycles. The minimum absolute atomic E-state index is 0.441. The molecular formula is C27H27N5O. The average Bonchev–Trinajstić information content (AvgIpc) is 3.42. The van der Waals surface area contributed by atoms with Gasteiger partial charge >= 0.3 is 0 Å². The number of aryl methyl sites for hydroxylation is 2. The van der Waals surface area contributed by atoms with E-state index in [0.717, 1.165) is 75.7 Å². The smallest absolute Gasteiger partial charge is 0.146 e. The first-order valence-corrected chi connectivity index (χ1v) is 12.0. The third-order valence-electron chi connectivity index (χ3n) is 7.37. The van der Waals surface area contributed by atoms with Crippen molar-refractivity contribution >= 4 is 32.7 Å². The second-order valence-corrected chi connectivity index (χ2v) is 9.69. The van der Waals surface area contributed by atoms with Crippen LogP contribution in [0.2, 0.25) is 0 Å². The second-order valence-electron chi connectivity index (χ2n) is 9.69. The topological polar surface area (TPSA) is 89.6 Å². The van der Waals surface area contributed by atoms with E-state index in [1.807, 2.05) is 0 Å². The Morgan fingerprint density at radius 3 is 2.67 bits per heavy atom. The van der Waals surface area contributed by atoms with Crippen molar-refractivity contribution in [1.82, 2.24) is 25.5 Å². The number of rotatable bonds is 4. The Balaban J connectivity index is 1.44. The molecule has 166 valence electrons. The maximum absolute atomic E-state index is 10.7. The number of fused-ring (bicyclic) bond motifs is 6. The zero-order valence-electron chi connectivity index (χ0n) is 18.7. The molecular weight excluding hydrogens is 410 g/mol. The van der Waals surface area contributed by atoms with E-state index in [1.54, 1.807) is 0 Å². The van der Waals surface area contributed by atoms with Gasteiger partial charge in [-0.3, -0.25) is 10.4 Å². The van der Waals surface area contributed by atoms with Gasteiger partial charge in [-0.1, -0.05) is 6.07 Å². The molecule has 0 saturated heterocycles. The molecule has 3 heterocycles. The molecule has 0 bridgehead atoms. The van der Waals surface area contributed by atoms with Crippen LogP contribution in [-0.4, -0.2) is 31.3 Å². The van der Waals surface area contributed by atoms with Crippen LogP contribution in [0.25, 0.3) is 44.0 Å². The van der Waals surface area contributed by atoms with Crippen LogP contribution in [0.4, 0.5) is 0 Å². The molecule has 33 heavy (non-hydrogen) atoms. The van der Waals surface area contributed by atoms with E-state index in [0.29, 0.717) is 6.04 Å². The highest BCUT2D eigenvalue weighted by Crippen LogP contribution is 2.39. The first kappa shape index (κ1) is 19.3. The minimum atomic E-state index is -0.659. The molecule has 1 saturated carbocycles. The molecule has 1 unspecified atom stereocenters. The highest BCUT2D eigenvalue weighted by atomic mass is 16.3. The van der Waals surface area contributed by atoms with Crippen LogP contribution in [0.3, 0.4) is 0 Å². The van der Waals surface area contributed by atoms with E-state index in [4.69, 9.17) is 4.98 Å². The zero-order valence-corrected chi connectivity index (χ0v) is 18.7. The first-order valence-electron chi connectivity index (χ1n) is 12.0. The quantitative estimate of drug-likeness (QED) is 0.291. The summed E-state index contributed by atoms with van der Waals surface area (Å²) in [6, 6.07) is 13.2. The summed E-state index contributed by atoms with van der Waals surface area (Å²) in [4.78, 5) is 8.67. The molecule has 2 aliphatic carbocycles. The summed E-state index contributed by atoms with van der Waals surface area (Å²) in [5, 5.41) is 25.0. The average molecular weight is 438 g/mol. The summed E-state index contributed by atoms with van der Waals surface area (Å²) >= 11 is 0. The molecule has 1 atom stereocenters. The lowest BCUT2D eigenvalue weighted by Crippen LogP contribution is -2.23. The lowest BCUT2D eigenvalue weighted by atomic mass is 9.85.